The fourth-order valence-electron chi connectivity index (χ4n) is 1.52. The van der Waals surface area contributed by atoms with Crippen molar-refractivity contribution in [1.82, 2.24) is 5.32 Å². The lowest BCUT2D eigenvalue weighted by Gasteiger charge is -2.15. The molecule has 0 saturated heterocycles. The number of methoxy groups -OCH3 is 2. The third-order valence-electron chi connectivity index (χ3n) is 2.22. The van der Waals surface area contributed by atoms with Crippen molar-refractivity contribution in [3.63, 3.8) is 0 Å². The van der Waals surface area contributed by atoms with E-state index in [-0.39, 0.29) is 6.61 Å². The first-order valence-corrected chi connectivity index (χ1v) is 5.35. The molecule has 0 aliphatic rings. The summed E-state index contributed by atoms with van der Waals surface area (Å²) in [6.45, 7) is 0.124. The van der Waals surface area contributed by atoms with Crippen LogP contribution in [0.1, 0.15) is 5.56 Å². The van der Waals surface area contributed by atoms with Crippen molar-refractivity contribution < 1.29 is 18.6 Å². The lowest BCUT2D eigenvalue weighted by Crippen LogP contribution is -2.07. The third-order valence-corrected chi connectivity index (χ3v) is 2.22. The molecule has 5 heteroatoms. The zero-order chi connectivity index (χ0) is 12.7. The maximum absolute atomic E-state index is 12.1. The lowest BCUT2D eigenvalue weighted by atomic mass is 10.2. The Hall–Kier alpha value is -1.49. The Labute approximate surface area is 101 Å². The van der Waals surface area contributed by atoms with Crippen LogP contribution in [0, 0.1) is 0 Å². The van der Waals surface area contributed by atoms with Gasteiger partial charge in [0.2, 0.25) is 5.75 Å². The van der Waals surface area contributed by atoms with Gasteiger partial charge in [0.15, 0.2) is 11.5 Å². The van der Waals surface area contributed by atoms with E-state index in [1.807, 2.05) is 19.2 Å². The standard InChI is InChI=1S/C12H18FNO3/c1-14-8-9-6-10(15-2)12(17-5-4-13)11(7-9)16-3/h6-7,14H,4-5,8H2,1-3H3. The van der Waals surface area contributed by atoms with Crippen LogP contribution in [0.3, 0.4) is 0 Å². The molecule has 1 aromatic carbocycles. The Kier molecular flexibility index (Phi) is 5.56. The molecule has 96 valence electrons. The molecule has 0 heterocycles. The molecule has 0 bridgehead atoms. The zero-order valence-electron chi connectivity index (χ0n) is 10.4. The summed E-state index contributed by atoms with van der Waals surface area (Å²) in [6, 6.07) is 3.68. The molecule has 0 unspecified atom stereocenters. The Balaban J connectivity index is 3.07. The van der Waals surface area contributed by atoms with Gasteiger partial charge in [0.1, 0.15) is 13.3 Å². The molecule has 0 spiro atoms. The third kappa shape index (κ3) is 3.49. The van der Waals surface area contributed by atoms with Gasteiger partial charge in [0, 0.05) is 6.54 Å². The van der Waals surface area contributed by atoms with E-state index in [2.05, 4.69) is 5.32 Å². The van der Waals surface area contributed by atoms with Crippen molar-refractivity contribution in [2.75, 3.05) is 34.5 Å². The highest BCUT2D eigenvalue weighted by atomic mass is 19.1. The average Bonchev–Trinajstić information content (AvgIpc) is 2.36. The summed E-state index contributed by atoms with van der Waals surface area (Å²) in [5, 5.41) is 3.04. The minimum absolute atomic E-state index is 0.0158. The number of halogens is 1. The summed E-state index contributed by atoms with van der Waals surface area (Å²) in [6.07, 6.45) is 0. The molecule has 0 aliphatic heterocycles. The molecule has 1 N–H and O–H groups in total. The van der Waals surface area contributed by atoms with Crippen LogP contribution in [0.5, 0.6) is 17.2 Å². The molecule has 0 amide bonds. The minimum atomic E-state index is -0.551. The van der Waals surface area contributed by atoms with Gasteiger partial charge in [-0.25, -0.2) is 4.39 Å². The Morgan fingerprint density at radius 3 is 2.18 bits per heavy atom. The summed E-state index contributed by atoms with van der Waals surface area (Å²) in [5.41, 5.74) is 1.01. The first-order chi connectivity index (χ1) is 8.26. The number of benzene rings is 1. The Morgan fingerprint density at radius 1 is 1.18 bits per heavy atom. The molecule has 0 aromatic heterocycles. The fraction of sp³-hybridized carbons (Fsp3) is 0.500. The lowest BCUT2D eigenvalue weighted by molar-refractivity contribution is 0.247. The van der Waals surface area contributed by atoms with Crippen LogP contribution in [0.15, 0.2) is 12.1 Å². The highest BCUT2D eigenvalue weighted by Crippen LogP contribution is 2.38. The van der Waals surface area contributed by atoms with E-state index < -0.39 is 6.67 Å². The van der Waals surface area contributed by atoms with Gasteiger partial charge in [-0.2, -0.15) is 0 Å². The van der Waals surface area contributed by atoms with Gasteiger partial charge in [0.05, 0.1) is 14.2 Å². The van der Waals surface area contributed by atoms with E-state index in [0.29, 0.717) is 23.8 Å². The summed E-state index contributed by atoms with van der Waals surface area (Å²) in [4.78, 5) is 0. The van der Waals surface area contributed by atoms with Crippen molar-refractivity contribution in [2.24, 2.45) is 0 Å². The number of alkyl halides is 1. The highest BCUT2D eigenvalue weighted by Gasteiger charge is 2.13. The van der Waals surface area contributed by atoms with E-state index >= 15 is 0 Å². The molecule has 1 rings (SSSR count). The van der Waals surface area contributed by atoms with Crippen molar-refractivity contribution in [2.45, 2.75) is 6.54 Å². The van der Waals surface area contributed by atoms with Gasteiger partial charge in [-0.3, -0.25) is 0 Å². The molecule has 1 aromatic rings. The minimum Gasteiger partial charge on any atom is -0.493 e. The maximum Gasteiger partial charge on any atom is 0.203 e. The summed E-state index contributed by atoms with van der Waals surface area (Å²) in [7, 11) is 4.94. The molecule has 0 aliphatic carbocycles. The van der Waals surface area contributed by atoms with Crippen LogP contribution in [0.25, 0.3) is 0 Å². The molecule has 17 heavy (non-hydrogen) atoms. The summed E-state index contributed by atoms with van der Waals surface area (Å²) in [5.74, 6) is 1.53. The Bertz CT molecular complexity index is 333. The molecule has 0 atom stereocenters. The fourth-order valence-corrected chi connectivity index (χ4v) is 1.52. The maximum atomic E-state index is 12.1. The second-order valence-corrected chi connectivity index (χ2v) is 3.40. The van der Waals surface area contributed by atoms with Crippen LogP contribution >= 0.6 is 0 Å². The molecule has 0 radical (unpaired) electrons. The number of hydrogen-bond acceptors (Lipinski definition) is 4. The van der Waals surface area contributed by atoms with Crippen LogP contribution < -0.4 is 19.5 Å². The van der Waals surface area contributed by atoms with Gasteiger partial charge < -0.3 is 19.5 Å². The second-order valence-electron chi connectivity index (χ2n) is 3.40. The smallest absolute Gasteiger partial charge is 0.203 e. The second kappa shape index (κ2) is 6.96. The molecule has 0 saturated carbocycles. The number of ether oxygens (including phenoxy) is 3. The normalized spacial score (nSPS) is 10.1. The first-order valence-electron chi connectivity index (χ1n) is 5.35. The number of rotatable bonds is 7. The van der Waals surface area contributed by atoms with Crippen LogP contribution in [-0.2, 0) is 6.54 Å². The van der Waals surface area contributed by atoms with E-state index in [9.17, 15) is 4.39 Å². The Morgan fingerprint density at radius 2 is 1.76 bits per heavy atom. The highest BCUT2D eigenvalue weighted by molar-refractivity contribution is 5.53. The van der Waals surface area contributed by atoms with Crippen molar-refractivity contribution in [3.05, 3.63) is 17.7 Å². The van der Waals surface area contributed by atoms with Crippen LogP contribution in [-0.4, -0.2) is 34.5 Å². The summed E-state index contributed by atoms with van der Waals surface area (Å²) < 4.78 is 27.9. The first kappa shape index (κ1) is 13.6. The average molecular weight is 243 g/mol. The quantitative estimate of drug-likeness (QED) is 0.792. The van der Waals surface area contributed by atoms with E-state index in [1.165, 1.54) is 0 Å². The molecule has 0 fully saturated rings. The van der Waals surface area contributed by atoms with Gasteiger partial charge in [-0.1, -0.05) is 0 Å². The van der Waals surface area contributed by atoms with Crippen LogP contribution in [0.4, 0.5) is 4.39 Å². The predicted octanol–water partition coefficient (Wildman–Crippen LogP) is 1.77. The van der Waals surface area contributed by atoms with Crippen LogP contribution in [0.2, 0.25) is 0 Å². The topological polar surface area (TPSA) is 39.7 Å². The summed E-state index contributed by atoms with van der Waals surface area (Å²) >= 11 is 0. The molecular weight excluding hydrogens is 225 g/mol. The van der Waals surface area contributed by atoms with E-state index in [1.54, 1.807) is 14.2 Å². The zero-order valence-corrected chi connectivity index (χ0v) is 10.4. The largest absolute Gasteiger partial charge is 0.493 e. The van der Waals surface area contributed by atoms with E-state index in [4.69, 9.17) is 14.2 Å². The van der Waals surface area contributed by atoms with Crippen molar-refractivity contribution in [3.8, 4) is 17.2 Å². The number of nitrogens with one attached hydrogen (secondary N) is 1. The predicted molar refractivity (Wildman–Crippen MR) is 63.8 cm³/mol. The number of hydrogen-bond donors (Lipinski definition) is 1. The van der Waals surface area contributed by atoms with E-state index in [0.717, 1.165) is 5.56 Å². The monoisotopic (exact) mass is 243 g/mol. The molecular formula is C12H18FNO3. The SMILES string of the molecule is CNCc1cc(OC)c(OCCF)c(OC)c1. The van der Waals surface area contributed by atoms with Crippen molar-refractivity contribution >= 4 is 0 Å². The van der Waals surface area contributed by atoms with Crippen molar-refractivity contribution in [1.29, 1.82) is 0 Å². The van der Waals surface area contributed by atoms with Gasteiger partial charge >= 0.3 is 0 Å². The van der Waals surface area contributed by atoms with Gasteiger partial charge in [-0.15, -0.1) is 0 Å². The van der Waals surface area contributed by atoms with Gasteiger partial charge in [0.25, 0.3) is 0 Å². The van der Waals surface area contributed by atoms with Gasteiger partial charge in [-0.05, 0) is 24.7 Å². The molecule has 4 nitrogen and oxygen atoms in total.